The van der Waals surface area contributed by atoms with E-state index >= 15 is 0 Å². The van der Waals surface area contributed by atoms with Gasteiger partial charge in [0.1, 0.15) is 28.7 Å². The molecule has 0 atom stereocenters. The van der Waals surface area contributed by atoms with E-state index in [2.05, 4.69) is 0 Å². The maximum Gasteiger partial charge on any atom is 0.344 e. The first kappa shape index (κ1) is 11.5. The molecule has 2 N–H and O–H groups in total. The molecule has 0 aliphatic heterocycles. The van der Waals surface area contributed by atoms with Crippen LogP contribution in [0.3, 0.4) is 0 Å². The highest BCUT2D eigenvalue weighted by atomic mass is 19.1. The Balaban J connectivity index is 2.70. The van der Waals surface area contributed by atoms with Gasteiger partial charge < -0.3 is 14.6 Å². The molecule has 0 bridgehead atoms. The molecule has 6 heteroatoms. The number of hydrogen-bond donors (Lipinski definition) is 2. The summed E-state index contributed by atoms with van der Waals surface area (Å²) in [6.45, 7) is 0. The van der Waals surface area contributed by atoms with E-state index in [-0.39, 0.29) is 21.7 Å². The normalized spacial score (nSPS) is 11.3. The molecule has 4 nitrogen and oxygen atoms in total. The summed E-state index contributed by atoms with van der Waals surface area (Å²) in [5.74, 6) is -2.77. The Labute approximate surface area is 104 Å². The first-order chi connectivity index (χ1) is 8.97. The summed E-state index contributed by atoms with van der Waals surface area (Å²) >= 11 is 0. The zero-order valence-electron chi connectivity index (χ0n) is 9.28. The van der Waals surface area contributed by atoms with E-state index in [1.54, 1.807) is 0 Å². The van der Waals surface area contributed by atoms with E-state index in [1.165, 1.54) is 0 Å². The lowest BCUT2D eigenvalue weighted by molar-refractivity contribution is 0.465. The maximum atomic E-state index is 13.9. The summed E-state index contributed by atoms with van der Waals surface area (Å²) in [6.07, 6.45) is 0. The standard InChI is InChI=1S/C13H6F2O4/c14-8-2-5(16)1-7-11(8)12-9(15)3-6(17)4-10(12)19-13(7)18/h1-4,16-17H. The Bertz CT molecular complexity index is 883. The smallest absolute Gasteiger partial charge is 0.344 e. The molecular formula is C13H6F2O4. The van der Waals surface area contributed by atoms with Gasteiger partial charge in [-0.15, -0.1) is 0 Å². The van der Waals surface area contributed by atoms with Gasteiger partial charge in [0.2, 0.25) is 0 Å². The van der Waals surface area contributed by atoms with Crippen molar-refractivity contribution in [3.05, 3.63) is 46.3 Å². The highest BCUT2D eigenvalue weighted by molar-refractivity contribution is 6.05. The van der Waals surface area contributed by atoms with Gasteiger partial charge in [-0.05, 0) is 6.07 Å². The number of hydrogen-bond acceptors (Lipinski definition) is 4. The third-order valence-corrected chi connectivity index (χ3v) is 2.79. The van der Waals surface area contributed by atoms with E-state index in [9.17, 15) is 23.8 Å². The second-order valence-corrected chi connectivity index (χ2v) is 4.04. The molecule has 3 aromatic rings. The summed E-state index contributed by atoms with van der Waals surface area (Å²) < 4.78 is 32.5. The largest absolute Gasteiger partial charge is 0.508 e. The number of fused-ring (bicyclic) bond motifs is 3. The number of halogens is 2. The van der Waals surface area contributed by atoms with Crippen molar-refractivity contribution in [2.45, 2.75) is 0 Å². The molecule has 19 heavy (non-hydrogen) atoms. The third kappa shape index (κ3) is 1.61. The molecule has 0 aliphatic carbocycles. The molecule has 3 rings (SSSR count). The van der Waals surface area contributed by atoms with Crippen molar-refractivity contribution in [1.82, 2.24) is 0 Å². The summed E-state index contributed by atoms with van der Waals surface area (Å²) in [7, 11) is 0. The molecule has 0 unspecified atom stereocenters. The Morgan fingerprint density at radius 1 is 0.895 bits per heavy atom. The zero-order valence-corrected chi connectivity index (χ0v) is 9.28. The van der Waals surface area contributed by atoms with Gasteiger partial charge in [0, 0.05) is 23.6 Å². The summed E-state index contributed by atoms with van der Waals surface area (Å²) in [4.78, 5) is 11.7. The number of phenolic OH excluding ortho intramolecular Hbond substituents is 2. The zero-order chi connectivity index (χ0) is 13.7. The number of phenols is 2. The van der Waals surface area contributed by atoms with Gasteiger partial charge >= 0.3 is 5.63 Å². The first-order valence-electron chi connectivity index (χ1n) is 5.25. The van der Waals surface area contributed by atoms with E-state index < -0.39 is 28.8 Å². The number of rotatable bonds is 0. The summed E-state index contributed by atoms with van der Waals surface area (Å²) in [6, 6.07) is 3.57. The third-order valence-electron chi connectivity index (χ3n) is 2.79. The van der Waals surface area contributed by atoms with Gasteiger partial charge in [-0.1, -0.05) is 0 Å². The second kappa shape index (κ2) is 3.68. The lowest BCUT2D eigenvalue weighted by Gasteiger charge is -2.06. The fourth-order valence-corrected chi connectivity index (χ4v) is 2.05. The predicted octanol–water partition coefficient (Wildman–Crippen LogP) is 2.64. The van der Waals surface area contributed by atoms with Crippen molar-refractivity contribution in [2.75, 3.05) is 0 Å². The molecule has 0 saturated carbocycles. The minimum absolute atomic E-state index is 0.259. The van der Waals surface area contributed by atoms with Gasteiger partial charge in [-0.3, -0.25) is 0 Å². The monoisotopic (exact) mass is 264 g/mol. The van der Waals surface area contributed by atoms with Crippen LogP contribution in [0, 0.1) is 11.6 Å². The molecule has 1 aromatic heterocycles. The Kier molecular flexibility index (Phi) is 2.22. The second-order valence-electron chi connectivity index (χ2n) is 4.04. The van der Waals surface area contributed by atoms with Crippen molar-refractivity contribution in [2.24, 2.45) is 0 Å². The summed E-state index contributed by atoms with van der Waals surface area (Å²) in [5, 5.41) is 17.7. The van der Waals surface area contributed by atoms with Crippen LogP contribution in [0.15, 0.2) is 33.5 Å². The topological polar surface area (TPSA) is 70.7 Å². The molecule has 0 fully saturated rings. The SMILES string of the molecule is O=c1oc2cc(O)cc(F)c2c2c(F)cc(O)cc12. The fraction of sp³-hybridized carbons (Fsp3) is 0. The highest BCUT2D eigenvalue weighted by Crippen LogP contribution is 2.32. The Morgan fingerprint density at radius 3 is 2.16 bits per heavy atom. The molecule has 0 saturated heterocycles. The van der Waals surface area contributed by atoms with E-state index in [4.69, 9.17) is 4.42 Å². The van der Waals surface area contributed by atoms with Crippen molar-refractivity contribution in [3.63, 3.8) is 0 Å². The highest BCUT2D eigenvalue weighted by Gasteiger charge is 2.17. The van der Waals surface area contributed by atoms with Crippen LogP contribution < -0.4 is 5.63 Å². The summed E-state index contributed by atoms with van der Waals surface area (Å²) in [5.41, 5.74) is -1.19. The van der Waals surface area contributed by atoms with Crippen molar-refractivity contribution < 1.29 is 23.4 Å². The van der Waals surface area contributed by atoms with Gasteiger partial charge in [0.05, 0.1) is 10.8 Å². The molecule has 0 amide bonds. The van der Waals surface area contributed by atoms with Gasteiger partial charge in [0.25, 0.3) is 0 Å². The van der Waals surface area contributed by atoms with E-state index in [1.807, 2.05) is 0 Å². The predicted molar refractivity (Wildman–Crippen MR) is 63.2 cm³/mol. The van der Waals surface area contributed by atoms with Crippen molar-refractivity contribution in [3.8, 4) is 11.5 Å². The molecule has 1 heterocycles. The quantitative estimate of drug-likeness (QED) is 0.483. The molecular weight excluding hydrogens is 258 g/mol. The van der Waals surface area contributed by atoms with Crippen LogP contribution in [-0.4, -0.2) is 10.2 Å². The van der Waals surface area contributed by atoms with Crippen LogP contribution in [-0.2, 0) is 0 Å². The van der Waals surface area contributed by atoms with Crippen molar-refractivity contribution in [1.29, 1.82) is 0 Å². The van der Waals surface area contributed by atoms with Gasteiger partial charge in [0.15, 0.2) is 0 Å². The molecule has 2 aromatic carbocycles. The average molecular weight is 264 g/mol. The van der Waals surface area contributed by atoms with Crippen LogP contribution in [0.25, 0.3) is 21.7 Å². The van der Waals surface area contributed by atoms with Crippen LogP contribution in [0.2, 0.25) is 0 Å². The molecule has 0 aliphatic rings. The molecule has 96 valence electrons. The van der Waals surface area contributed by atoms with Gasteiger partial charge in [-0.2, -0.15) is 0 Å². The van der Waals surface area contributed by atoms with Crippen LogP contribution in [0.5, 0.6) is 11.5 Å². The Morgan fingerprint density at radius 2 is 1.47 bits per heavy atom. The minimum atomic E-state index is -0.947. The van der Waals surface area contributed by atoms with Crippen LogP contribution >= 0.6 is 0 Å². The van der Waals surface area contributed by atoms with Gasteiger partial charge in [-0.25, -0.2) is 13.6 Å². The first-order valence-corrected chi connectivity index (χ1v) is 5.25. The average Bonchev–Trinajstić information content (AvgIpc) is 2.29. The molecule has 0 spiro atoms. The maximum absolute atomic E-state index is 13.9. The van der Waals surface area contributed by atoms with Crippen molar-refractivity contribution >= 4 is 21.7 Å². The minimum Gasteiger partial charge on any atom is -0.508 e. The van der Waals surface area contributed by atoms with E-state index in [0.717, 1.165) is 24.3 Å². The number of aromatic hydroxyl groups is 2. The lowest BCUT2D eigenvalue weighted by Crippen LogP contribution is -2.02. The fourth-order valence-electron chi connectivity index (χ4n) is 2.05. The van der Waals surface area contributed by atoms with Crippen LogP contribution in [0.4, 0.5) is 8.78 Å². The lowest BCUT2D eigenvalue weighted by atomic mass is 10.1. The van der Waals surface area contributed by atoms with E-state index in [0.29, 0.717) is 0 Å². The Hall–Kier alpha value is -2.63. The molecule has 0 radical (unpaired) electrons. The number of benzene rings is 2. The van der Waals surface area contributed by atoms with Crippen LogP contribution in [0.1, 0.15) is 0 Å².